The summed E-state index contributed by atoms with van der Waals surface area (Å²) in [7, 11) is 0. The Labute approximate surface area is 109 Å². The fourth-order valence-electron chi connectivity index (χ4n) is 2.32. The van der Waals surface area contributed by atoms with Gasteiger partial charge in [-0.2, -0.15) is 0 Å². The normalized spacial score (nSPS) is 21.3. The number of rotatable bonds is 6. The van der Waals surface area contributed by atoms with E-state index < -0.39 is 0 Å². The van der Waals surface area contributed by atoms with Crippen molar-refractivity contribution in [3.05, 3.63) is 23.7 Å². The Morgan fingerprint density at radius 1 is 1.33 bits per heavy atom. The molecule has 0 aromatic carbocycles. The molecule has 2 rings (SSSR count). The van der Waals surface area contributed by atoms with Crippen LogP contribution in [0.5, 0.6) is 0 Å². The van der Waals surface area contributed by atoms with E-state index in [4.69, 9.17) is 9.15 Å². The van der Waals surface area contributed by atoms with Gasteiger partial charge >= 0.3 is 0 Å². The maximum atomic E-state index is 5.84. The molecular formula is C14H24N2O2. The van der Waals surface area contributed by atoms with Crippen molar-refractivity contribution >= 4 is 0 Å². The second-order valence-electron chi connectivity index (χ2n) is 4.76. The molecule has 102 valence electrons. The lowest BCUT2D eigenvalue weighted by molar-refractivity contribution is -0.0155. The van der Waals surface area contributed by atoms with E-state index in [2.05, 4.69) is 36.2 Å². The van der Waals surface area contributed by atoms with Gasteiger partial charge in [-0.1, -0.05) is 13.8 Å². The molecule has 18 heavy (non-hydrogen) atoms. The number of nitrogens with zero attached hydrogens (tertiary/aromatic N) is 1. The maximum absolute atomic E-state index is 5.84. The van der Waals surface area contributed by atoms with Crippen LogP contribution < -0.4 is 5.32 Å². The van der Waals surface area contributed by atoms with Crippen molar-refractivity contribution in [2.45, 2.75) is 39.4 Å². The molecule has 1 aliphatic heterocycles. The van der Waals surface area contributed by atoms with Gasteiger partial charge in [-0.3, -0.25) is 4.90 Å². The van der Waals surface area contributed by atoms with E-state index in [1.54, 1.807) is 0 Å². The molecule has 1 aromatic heterocycles. The number of morpholine rings is 1. The molecule has 0 aliphatic carbocycles. The predicted molar refractivity (Wildman–Crippen MR) is 71.4 cm³/mol. The van der Waals surface area contributed by atoms with Crippen molar-refractivity contribution < 1.29 is 9.15 Å². The van der Waals surface area contributed by atoms with Gasteiger partial charge in [0.15, 0.2) is 0 Å². The molecule has 0 saturated carbocycles. The highest BCUT2D eigenvalue weighted by Gasteiger charge is 2.22. The lowest BCUT2D eigenvalue weighted by Gasteiger charge is -2.34. The van der Waals surface area contributed by atoms with Crippen LogP contribution in [-0.4, -0.2) is 37.2 Å². The lowest BCUT2D eigenvalue weighted by atomic mass is 10.1. The Bertz CT molecular complexity index is 351. The number of hydrogen-bond donors (Lipinski definition) is 1. The quantitative estimate of drug-likeness (QED) is 0.840. The molecule has 1 N–H and O–H groups in total. The summed E-state index contributed by atoms with van der Waals surface area (Å²) < 4.78 is 11.4. The average molecular weight is 252 g/mol. The van der Waals surface area contributed by atoms with Gasteiger partial charge in [0.05, 0.1) is 26.3 Å². The van der Waals surface area contributed by atoms with Gasteiger partial charge in [0, 0.05) is 12.6 Å². The Balaban J connectivity index is 1.89. The number of hydrogen-bond acceptors (Lipinski definition) is 4. The third kappa shape index (κ3) is 3.57. The standard InChI is InChI=1S/C14H24N2O2/c1-3-12-11-17-8-7-16(12)10-14-6-5-13(18-14)9-15-4-2/h5-6,12,15H,3-4,7-11H2,1-2H3. The van der Waals surface area contributed by atoms with Crippen molar-refractivity contribution in [1.29, 1.82) is 0 Å². The summed E-state index contributed by atoms with van der Waals surface area (Å²) in [6, 6.07) is 4.69. The van der Waals surface area contributed by atoms with Gasteiger partial charge in [0.2, 0.25) is 0 Å². The van der Waals surface area contributed by atoms with Crippen LogP contribution in [0.25, 0.3) is 0 Å². The van der Waals surface area contributed by atoms with E-state index >= 15 is 0 Å². The molecule has 1 unspecified atom stereocenters. The SMILES string of the molecule is CCNCc1ccc(CN2CCOCC2CC)o1. The fourth-order valence-corrected chi connectivity index (χ4v) is 2.32. The molecule has 1 saturated heterocycles. The molecule has 4 nitrogen and oxygen atoms in total. The third-order valence-electron chi connectivity index (χ3n) is 3.45. The number of nitrogens with one attached hydrogen (secondary N) is 1. The van der Waals surface area contributed by atoms with Crippen LogP contribution in [0.4, 0.5) is 0 Å². The second kappa shape index (κ2) is 6.92. The highest BCUT2D eigenvalue weighted by Crippen LogP contribution is 2.16. The van der Waals surface area contributed by atoms with E-state index in [0.717, 1.165) is 57.3 Å². The highest BCUT2D eigenvalue weighted by atomic mass is 16.5. The molecule has 2 heterocycles. The first-order valence-corrected chi connectivity index (χ1v) is 6.93. The molecule has 0 amide bonds. The van der Waals surface area contributed by atoms with Crippen LogP contribution in [0.15, 0.2) is 16.5 Å². The van der Waals surface area contributed by atoms with Gasteiger partial charge in [0.25, 0.3) is 0 Å². The van der Waals surface area contributed by atoms with Crippen molar-refractivity contribution in [1.82, 2.24) is 10.2 Å². The fraction of sp³-hybridized carbons (Fsp3) is 0.714. The highest BCUT2D eigenvalue weighted by molar-refractivity contribution is 5.07. The predicted octanol–water partition coefficient (Wildman–Crippen LogP) is 2.00. The summed E-state index contributed by atoms with van der Waals surface area (Å²) in [4.78, 5) is 2.46. The summed E-state index contributed by atoms with van der Waals surface area (Å²) in [5.74, 6) is 2.08. The lowest BCUT2D eigenvalue weighted by Crippen LogP contribution is -2.44. The summed E-state index contributed by atoms with van der Waals surface area (Å²) in [6.07, 6.45) is 1.13. The zero-order valence-electron chi connectivity index (χ0n) is 11.4. The van der Waals surface area contributed by atoms with Crippen LogP contribution in [0.2, 0.25) is 0 Å². The van der Waals surface area contributed by atoms with Crippen LogP contribution in [-0.2, 0) is 17.8 Å². The average Bonchev–Trinajstić information content (AvgIpc) is 2.84. The van der Waals surface area contributed by atoms with Crippen molar-refractivity contribution in [2.24, 2.45) is 0 Å². The van der Waals surface area contributed by atoms with Crippen LogP contribution >= 0.6 is 0 Å². The van der Waals surface area contributed by atoms with Gasteiger partial charge in [-0.25, -0.2) is 0 Å². The molecular weight excluding hydrogens is 228 g/mol. The minimum Gasteiger partial charge on any atom is -0.463 e. The summed E-state index contributed by atoms with van der Waals surface area (Å²) in [5, 5.41) is 3.27. The first kappa shape index (κ1) is 13.6. The molecule has 0 radical (unpaired) electrons. The van der Waals surface area contributed by atoms with Gasteiger partial charge in [-0.15, -0.1) is 0 Å². The van der Waals surface area contributed by atoms with Crippen molar-refractivity contribution in [2.75, 3.05) is 26.3 Å². The topological polar surface area (TPSA) is 37.6 Å². The molecule has 0 spiro atoms. The zero-order valence-corrected chi connectivity index (χ0v) is 11.4. The van der Waals surface area contributed by atoms with E-state index in [9.17, 15) is 0 Å². The molecule has 1 aliphatic rings. The smallest absolute Gasteiger partial charge is 0.118 e. The minimum absolute atomic E-state index is 0.529. The monoisotopic (exact) mass is 252 g/mol. The third-order valence-corrected chi connectivity index (χ3v) is 3.45. The van der Waals surface area contributed by atoms with Gasteiger partial charge in [-0.05, 0) is 25.1 Å². The Morgan fingerprint density at radius 2 is 2.17 bits per heavy atom. The first-order chi connectivity index (χ1) is 8.83. The van der Waals surface area contributed by atoms with E-state index in [-0.39, 0.29) is 0 Å². The summed E-state index contributed by atoms with van der Waals surface area (Å²) in [6.45, 7) is 9.68. The van der Waals surface area contributed by atoms with Crippen LogP contribution in [0, 0.1) is 0 Å². The zero-order chi connectivity index (χ0) is 12.8. The van der Waals surface area contributed by atoms with E-state index in [1.807, 2.05) is 0 Å². The molecule has 4 heteroatoms. The van der Waals surface area contributed by atoms with Crippen LogP contribution in [0.1, 0.15) is 31.8 Å². The number of ether oxygens (including phenoxy) is 1. The summed E-state index contributed by atoms with van der Waals surface area (Å²) in [5.41, 5.74) is 0. The first-order valence-electron chi connectivity index (χ1n) is 6.93. The van der Waals surface area contributed by atoms with E-state index in [0.29, 0.717) is 6.04 Å². The van der Waals surface area contributed by atoms with Crippen molar-refractivity contribution in [3.63, 3.8) is 0 Å². The Morgan fingerprint density at radius 3 is 2.94 bits per heavy atom. The molecule has 1 atom stereocenters. The van der Waals surface area contributed by atoms with Gasteiger partial charge in [0.1, 0.15) is 11.5 Å². The molecule has 0 bridgehead atoms. The van der Waals surface area contributed by atoms with Gasteiger partial charge < -0.3 is 14.5 Å². The largest absolute Gasteiger partial charge is 0.463 e. The Hall–Kier alpha value is -0.840. The number of furan rings is 1. The van der Waals surface area contributed by atoms with E-state index in [1.165, 1.54) is 0 Å². The molecule has 1 aromatic rings. The minimum atomic E-state index is 0.529. The maximum Gasteiger partial charge on any atom is 0.118 e. The van der Waals surface area contributed by atoms with Crippen molar-refractivity contribution in [3.8, 4) is 0 Å². The Kier molecular flexibility index (Phi) is 5.23. The van der Waals surface area contributed by atoms with Crippen LogP contribution in [0.3, 0.4) is 0 Å². The summed E-state index contributed by atoms with van der Waals surface area (Å²) >= 11 is 0. The second-order valence-corrected chi connectivity index (χ2v) is 4.76. The molecule has 1 fully saturated rings.